The van der Waals surface area contributed by atoms with Gasteiger partial charge in [0.2, 0.25) is 29.6 Å². The highest BCUT2D eigenvalue weighted by Gasteiger charge is 2.44. The van der Waals surface area contributed by atoms with E-state index in [9.17, 15) is 28.8 Å². The highest BCUT2D eigenvalue weighted by atomic mass is 35.5. The average Bonchev–Trinajstić information content (AvgIpc) is 3.97. The summed E-state index contributed by atoms with van der Waals surface area (Å²) in [7, 11) is 0.819. The summed E-state index contributed by atoms with van der Waals surface area (Å²) in [5.74, 6) is 0.297. The number of ether oxygens (including phenoxy) is 1. The first-order valence-corrected chi connectivity index (χ1v) is 29.1. The summed E-state index contributed by atoms with van der Waals surface area (Å²) in [4.78, 5) is 71.8. The summed E-state index contributed by atoms with van der Waals surface area (Å²) in [6.07, 6.45) is 5.86. The molecule has 0 saturated carbocycles. The van der Waals surface area contributed by atoms with Crippen LogP contribution in [-0.2, 0) is 30.2 Å². The van der Waals surface area contributed by atoms with E-state index in [-0.39, 0.29) is 49.1 Å². The molecule has 16 nitrogen and oxygen atoms in total. The van der Waals surface area contributed by atoms with E-state index in [1.807, 2.05) is 115 Å². The molecule has 0 bridgehead atoms. The molecule has 3 aromatic carbocycles. The number of aliphatic hydroxyl groups excluding tert-OH is 1. The van der Waals surface area contributed by atoms with E-state index in [1.165, 1.54) is 11.1 Å². The topological polar surface area (TPSA) is 208 Å². The lowest BCUT2D eigenvalue weighted by Crippen LogP contribution is -2.57. The van der Waals surface area contributed by atoms with Crippen LogP contribution in [0.4, 0.5) is 23.1 Å². The van der Waals surface area contributed by atoms with Crippen LogP contribution in [0.25, 0.3) is 10.4 Å². The summed E-state index contributed by atoms with van der Waals surface area (Å²) in [6.45, 7) is 15.4. The third-order valence-corrected chi connectivity index (χ3v) is 16.2. The summed E-state index contributed by atoms with van der Waals surface area (Å²) in [5, 5.41) is 24.1. The van der Waals surface area contributed by atoms with E-state index < -0.39 is 36.7 Å². The highest BCUT2D eigenvalue weighted by Crippen LogP contribution is 2.39. The number of carbonyl (C=O) groups excluding carboxylic acids is 4. The Bertz CT molecular complexity index is 2820. The molecule has 398 valence electrons. The second-order valence-corrected chi connectivity index (χ2v) is 25.1. The van der Waals surface area contributed by atoms with E-state index in [0.717, 1.165) is 58.5 Å². The van der Waals surface area contributed by atoms with Crippen molar-refractivity contribution in [2.45, 2.75) is 124 Å². The van der Waals surface area contributed by atoms with Crippen molar-refractivity contribution in [3.63, 3.8) is 0 Å². The largest absolute Gasteiger partial charge is 0.495 e. The summed E-state index contributed by atoms with van der Waals surface area (Å²) < 4.78 is 18.7. The molecule has 6 rings (SSSR count). The van der Waals surface area contributed by atoms with Gasteiger partial charge in [0.25, 0.3) is 0 Å². The third kappa shape index (κ3) is 15.4. The maximum Gasteiger partial charge on any atom is 0.246 e. The van der Waals surface area contributed by atoms with E-state index in [1.54, 1.807) is 36.7 Å². The molecule has 0 spiro atoms. The molecule has 1 fully saturated rings. The number of amides is 4. The van der Waals surface area contributed by atoms with Crippen LogP contribution >= 0.6 is 30.1 Å². The van der Waals surface area contributed by atoms with E-state index in [0.29, 0.717) is 59.1 Å². The van der Waals surface area contributed by atoms with E-state index >= 15 is 0 Å². The van der Waals surface area contributed by atoms with Crippen molar-refractivity contribution in [1.82, 2.24) is 35.4 Å². The first-order valence-electron chi connectivity index (χ1n) is 25.2. The number of hydrogen-bond donors (Lipinski definition) is 5. The van der Waals surface area contributed by atoms with Gasteiger partial charge in [-0.15, -0.1) is 11.3 Å². The number of likely N-dealkylation sites (tertiary alicyclic amines) is 1. The van der Waals surface area contributed by atoms with Gasteiger partial charge in [-0.1, -0.05) is 88.0 Å². The van der Waals surface area contributed by atoms with Crippen molar-refractivity contribution < 1.29 is 33.6 Å². The zero-order valence-corrected chi connectivity index (χ0v) is 46.8. The first kappa shape index (κ1) is 57.4. The maximum absolute atomic E-state index is 14.1. The standard InChI is InChI=1S/C55H73ClN9O7PS/c1-34-28-43(61-54-57-31-41(56)51(63-54)60-42-18-16-17-19-46(42)73(9,10)71)45(72-8)29-39(34)26-27-64(7)48(68)21-15-13-11-12-14-20-47(67)62-50(55(4,5)6)53(70)65-32-40(66)30-44(65)52(69)59-35(2)37-22-24-38(25-23-37)49-36(3)58-33-74-49/h16-19,22-25,28-29,31,33,35,40,44,50,66H,11-15,20-21,26-27,30,32H2,1-10H3,(H,59,69)(H,62,67)(H2,57,60,61,63)/t35-,40+,44?,50+/m0/s1. The number of thiazole rings is 1. The van der Waals surface area contributed by atoms with Crippen LogP contribution in [0.15, 0.2) is 72.4 Å². The number of methoxy groups -OCH3 is 1. The van der Waals surface area contributed by atoms with E-state index in [4.69, 9.17) is 16.3 Å². The number of aryl methyl sites for hydroxylation is 2. The number of rotatable bonds is 23. The molecule has 74 heavy (non-hydrogen) atoms. The minimum atomic E-state index is -2.58. The van der Waals surface area contributed by atoms with Gasteiger partial charge in [0.05, 0.1) is 52.9 Å². The number of anilines is 4. The molecule has 2 aromatic heterocycles. The number of carbonyl (C=O) groups is 4. The molecule has 5 aromatic rings. The molecule has 5 N–H and O–H groups in total. The molecule has 0 radical (unpaired) electrons. The SMILES string of the molecule is COc1cc(CCN(C)C(=O)CCCCCCCC(=O)N[C@H](C(=O)N2C[C@H](O)CC2C(=O)N[C@@H](C)c2ccc(-c3scnc3C)cc2)C(C)(C)C)c(C)cc1Nc1ncc(Cl)c(Nc2ccccc2P(C)(C)=O)n1. The number of nitrogens with one attached hydrogen (secondary N) is 4. The predicted molar refractivity (Wildman–Crippen MR) is 297 cm³/mol. The highest BCUT2D eigenvalue weighted by molar-refractivity contribution is 7.70. The molecule has 3 heterocycles. The summed E-state index contributed by atoms with van der Waals surface area (Å²) in [6, 6.07) is 17.1. The number of aliphatic hydroxyl groups is 1. The smallest absolute Gasteiger partial charge is 0.246 e. The Morgan fingerprint density at radius 1 is 0.946 bits per heavy atom. The minimum absolute atomic E-state index is 0.00224. The van der Waals surface area contributed by atoms with Gasteiger partial charge in [0.15, 0.2) is 5.82 Å². The second-order valence-electron chi connectivity index (χ2n) is 20.7. The fraction of sp³-hybridized carbons (Fsp3) is 0.473. The predicted octanol–water partition coefficient (Wildman–Crippen LogP) is 9.72. The lowest BCUT2D eigenvalue weighted by atomic mass is 9.85. The van der Waals surface area contributed by atoms with Crippen LogP contribution in [0.3, 0.4) is 0 Å². The van der Waals surface area contributed by atoms with Crippen molar-refractivity contribution in [1.29, 1.82) is 0 Å². The van der Waals surface area contributed by atoms with Crippen molar-refractivity contribution in [2.75, 3.05) is 51.2 Å². The zero-order chi connectivity index (χ0) is 53.9. The van der Waals surface area contributed by atoms with E-state index in [2.05, 4.69) is 36.2 Å². The monoisotopic (exact) mass is 1070 g/mol. The molecule has 1 aliphatic heterocycles. The van der Waals surface area contributed by atoms with Crippen LogP contribution in [-0.4, -0.2) is 112 Å². The average molecular weight is 1070 g/mol. The second kappa shape index (κ2) is 25.6. The number of para-hydroxylation sites is 1. The van der Waals surface area contributed by atoms with Gasteiger partial charge in [-0.3, -0.25) is 19.2 Å². The number of unbranched alkanes of at least 4 members (excludes halogenated alkanes) is 4. The molecular weight excluding hydrogens is 997 g/mol. The molecule has 4 atom stereocenters. The maximum atomic E-state index is 14.1. The van der Waals surface area contributed by atoms with Crippen LogP contribution in [0.5, 0.6) is 5.75 Å². The molecule has 1 saturated heterocycles. The number of hydrogen-bond acceptors (Lipinski definition) is 13. The number of benzene rings is 3. The Kier molecular flexibility index (Phi) is 19.8. The minimum Gasteiger partial charge on any atom is -0.495 e. The lowest BCUT2D eigenvalue weighted by molar-refractivity contribution is -0.144. The van der Waals surface area contributed by atoms with Crippen LogP contribution in [0, 0.1) is 19.3 Å². The quantitative estimate of drug-likeness (QED) is 0.0306. The normalized spacial score (nSPS) is 15.5. The van der Waals surface area contributed by atoms with Crippen LogP contribution < -0.4 is 31.3 Å². The Labute approximate surface area is 445 Å². The van der Waals surface area contributed by atoms with Crippen molar-refractivity contribution in [3.8, 4) is 16.2 Å². The van der Waals surface area contributed by atoms with Gasteiger partial charge in [0.1, 0.15) is 30.0 Å². The number of aromatic nitrogens is 3. The Morgan fingerprint density at radius 3 is 2.30 bits per heavy atom. The van der Waals surface area contributed by atoms with Crippen molar-refractivity contribution in [3.05, 3.63) is 99.8 Å². The van der Waals surface area contributed by atoms with Crippen molar-refractivity contribution in [2.24, 2.45) is 5.41 Å². The van der Waals surface area contributed by atoms with Gasteiger partial charge < -0.3 is 45.5 Å². The number of β-amino-alcohol motifs (C(OH)–C–C–N with tert-alkyl or cyclic N) is 1. The third-order valence-electron chi connectivity index (χ3n) is 13.4. The number of halogens is 1. The van der Waals surface area contributed by atoms with Gasteiger partial charge in [0, 0.05) is 44.7 Å². The fourth-order valence-electron chi connectivity index (χ4n) is 9.02. The molecular formula is C55H73ClN9O7PS. The van der Waals surface area contributed by atoms with Gasteiger partial charge in [-0.05, 0) is 105 Å². The molecule has 1 aliphatic rings. The zero-order valence-electron chi connectivity index (χ0n) is 44.4. The van der Waals surface area contributed by atoms with Crippen LogP contribution in [0.2, 0.25) is 5.02 Å². The number of likely N-dealkylation sites (N-methyl/N-ethyl adjacent to an activating group) is 1. The van der Waals surface area contributed by atoms with Gasteiger partial charge in [-0.2, -0.15) is 4.98 Å². The molecule has 19 heteroatoms. The molecule has 0 aliphatic carbocycles. The van der Waals surface area contributed by atoms with Gasteiger partial charge in [-0.25, -0.2) is 9.97 Å². The molecule has 1 unspecified atom stereocenters. The summed E-state index contributed by atoms with van der Waals surface area (Å²) >= 11 is 8.06. The Morgan fingerprint density at radius 2 is 1.64 bits per heavy atom. The number of nitrogens with zero attached hydrogens (tertiary/aromatic N) is 5. The Hall–Kier alpha value is -5.87. The summed E-state index contributed by atoms with van der Waals surface area (Å²) in [5.41, 5.74) is 7.42. The first-order chi connectivity index (χ1) is 35.0. The van der Waals surface area contributed by atoms with Crippen LogP contribution in [0.1, 0.15) is 107 Å². The van der Waals surface area contributed by atoms with Crippen molar-refractivity contribution >= 4 is 82.2 Å². The molecule has 4 amide bonds. The Balaban J connectivity index is 0.911. The lowest BCUT2D eigenvalue weighted by Gasteiger charge is -2.35. The fourth-order valence-corrected chi connectivity index (χ4v) is 11.1. The van der Waals surface area contributed by atoms with Gasteiger partial charge >= 0.3 is 0 Å².